The van der Waals surface area contributed by atoms with Crippen molar-refractivity contribution in [3.8, 4) is 5.75 Å². The van der Waals surface area contributed by atoms with E-state index in [0.717, 1.165) is 19.4 Å². The van der Waals surface area contributed by atoms with E-state index in [1.807, 2.05) is 0 Å². The molecule has 1 amide bonds. The Morgan fingerprint density at radius 3 is 2.76 bits per heavy atom. The summed E-state index contributed by atoms with van der Waals surface area (Å²) in [4.78, 5) is 14.0. The van der Waals surface area contributed by atoms with Crippen molar-refractivity contribution in [2.75, 3.05) is 32.8 Å². The van der Waals surface area contributed by atoms with Gasteiger partial charge in [-0.3, -0.25) is 4.79 Å². The van der Waals surface area contributed by atoms with Crippen LogP contribution in [0.25, 0.3) is 0 Å². The van der Waals surface area contributed by atoms with E-state index in [1.54, 1.807) is 12.1 Å². The van der Waals surface area contributed by atoms with Crippen molar-refractivity contribution in [3.05, 3.63) is 30.1 Å². The summed E-state index contributed by atoms with van der Waals surface area (Å²) >= 11 is 0. The van der Waals surface area contributed by atoms with Crippen molar-refractivity contribution < 1.29 is 13.9 Å². The lowest BCUT2D eigenvalue weighted by Crippen LogP contribution is -2.30. The number of nitrogens with one attached hydrogen (secondary N) is 1. The highest BCUT2D eigenvalue weighted by molar-refractivity contribution is 5.77. The summed E-state index contributed by atoms with van der Waals surface area (Å²) in [6.07, 6.45) is 4.67. The second-order valence-corrected chi connectivity index (χ2v) is 5.32. The van der Waals surface area contributed by atoms with E-state index in [-0.39, 0.29) is 18.3 Å². The lowest BCUT2D eigenvalue weighted by atomic mass is 10.3. The molecule has 0 radical (unpaired) electrons. The highest BCUT2D eigenvalue weighted by atomic mass is 19.1. The third kappa shape index (κ3) is 5.71. The van der Waals surface area contributed by atoms with Crippen LogP contribution in [0.5, 0.6) is 5.75 Å². The number of hydrogen-bond donors (Lipinski definition) is 1. The fraction of sp³-hybridized carbons (Fsp3) is 0.562. The first-order valence-electron chi connectivity index (χ1n) is 7.62. The molecule has 0 aliphatic carbocycles. The Labute approximate surface area is 125 Å². The molecule has 0 bridgehead atoms. The molecule has 4 nitrogen and oxygen atoms in total. The number of likely N-dealkylation sites (tertiary alicyclic amines) is 1. The minimum atomic E-state index is -0.448. The summed E-state index contributed by atoms with van der Waals surface area (Å²) in [6, 6.07) is 6.08. The highest BCUT2D eigenvalue weighted by Crippen LogP contribution is 2.14. The van der Waals surface area contributed by atoms with Gasteiger partial charge in [-0.2, -0.15) is 0 Å². The van der Waals surface area contributed by atoms with Crippen LogP contribution in [0.15, 0.2) is 24.3 Å². The van der Waals surface area contributed by atoms with E-state index in [0.29, 0.717) is 6.54 Å². The number of unbranched alkanes of at least 4 members (excludes halogenated alkanes) is 1. The van der Waals surface area contributed by atoms with Crippen molar-refractivity contribution in [3.63, 3.8) is 0 Å². The average Bonchev–Trinajstić information content (AvgIpc) is 2.99. The Morgan fingerprint density at radius 1 is 1.24 bits per heavy atom. The van der Waals surface area contributed by atoms with Crippen LogP contribution in [0.3, 0.4) is 0 Å². The van der Waals surface area contributed by atoms with Crippen molar-refractivity contribution in [1.29, 1.82) is 0 Å². The number of amides is 1. The van der Waals surface area contributed by atoms with Gasteiger partial charge in [0.1, 0.15) is 0 Å². The molecule has 1 heterocycles. The molecule has 21 heavy (non-hydrogen) atoms. The molecule has 0 unspecified atom stereocenters. The molecule has 0 atom stereocenters. The topological polar surface area (TPSA) is 41.6 Å². The van der Waals surface area contributed by atoms with Crippen molar-refractivity contribution >= 4 is 5.91 Å². The van der Waals surface area contributed by atoms with E-state index in [4.69, 9.17) is 4.74 Å². The number of para-hydroxylation sites is 1. The van der Waals surface area contributed by atoms with E-state index >= 15 is 0 Å². The standard InChI is InChI=1S/C16H23FN2O2/c17-14-7-1-2-8-15(14)21-13-16(20)18-9-3-4-10-19-11-5-6-12-19/h1-2,7-8H,3-6,9-13H2,(H,18,20). The van der Waals surface area contributed by atoms with Gasteiger partial charge in [-0.1, -0.05) is 12.1 Å². The van der Waals surface area contributed by atoms with Crippen LogP contribution in [-0.4, -0.2) is 43.6 Å². The number of carbonyl (C=O) groups excluding carboxylic acids is 1. The monoisotopic (exact) mass is 294 g/mol. The lowest BCUT2D eigenvalue weighted by molar-refractivity contribution is -0.123. The molecule has 1 aromatic carbocycles. The van der Waals surface area contributed by atoms with Crippen LogP contribution in [0.4, 0.5) is 4.39 Å². The summed E-state index contributed by atoms with van der Waals surface area (Å²) in [5.74, 6) is -0.544. The molecule has 0 spiro atoms. The van der Waals surface area contributed by atoms with E-state index < -0.39 is 5.82 Å². The smallest absolute Gasteiger partial charge is 0.257 e. The Hall–Kier alpha value is -1.62. The number of ether oxygens (including phenoxy) is 1. The molecule has 116 valence electrons. The summed E-state index contributed by atoms with van der Waals surface area (Å²) in [5.41, 5.74) is 0. The summed E-state index contributed by atoms with van der Waals surface area (Å²) in [5, 5.41) is 2.79. The van der Waals surface area contributed by atoms with Gasteiger partial charge in [-0.05, 0) is 57.5 Å². The SMILES string of the molecule is O=C(COc1ccccc1F)NCCCCN1CCCC1. The Bertz CT molecular complexity index is 448. The second-order valence-electron chi connectivity index (χ2n) is 5.32. The normalized spacial score (nSPS) is 15.1. The zero-order chi connectivity index (χ0) is 14.9. The molecule has 0 aromatic heterocycles. The zero-order valence-corrected chi connectivity index (χ0v) is 12.3. The van der Waals surface area contributed by atoms with Gasteiger partial charge in [-0.25, -0.2) is 4.39 Å². The predicted molar refractivity (Wildman–Crippen MR) is 79.8 cm³/mol. The molecule has 1 aliphatic rings. The molecule has 1 saturated heterocycles. The third-order valence-electron chi connectivity index (χ3n) is 3.62. The highest BCUT2D eigenvalue weighted by Gasteiger charge is 2.10. The largest absolute Gasteiger partial charge is 0.481 e. The van der Waals surface area contributed by atoms with Crippen molar-refractivity contribution in [2.24, 2.45) is 0 Å². The van der Waals surface area contributed by atoms with E-state index in [1.165, 1.54) is 38.1 Å². The predicted octanol–water partition coefficient (Wildman–Crippen LogP) is 2.20. The Morgan fingerprint density at radius 2 is 2.00 bits per heavy atom. The minimum absolute atomic E-state index is 0.113. The van der Waals surface area contributed by atoms with Gasteiger partial charge in [0.25, 0.3) is 5.91 Å². The first-order valence-corrected chi connectivity index (χ1v) is 7.62. The van der Waals surface area contributed by atoms with Gasteiger partial charge in [-0.15, -0.1) is 0 Å². The van der Waals surface area contributed by atoms with Gasteiger partial charge in [0.05, 0.1) is 0 Å². The molecule has 2 rings (SSSR count). The van der Waals surface area contributed by atoms with E-state index in [2.05, 4.69) is 10.2 Å². The third-order valence-corrected chi connectivity index (χ3v) is 3.62. The second kappa shape index (κ2) is 8.62. The number of hydrogen-bond acceptors (Lipinski definition) is 3. The van der Waals surface area contributed by atoms with Gasteiger partial charge in [0, 0.05) is 6.54 Å². The van der Waals surface area contributed by atoms with Crippen LogP contribution < -0.4 is 10.1 Å². The van der Waals surface area contributed by atoms with Crippen molar-refractivity contribution in [2.45, 2.75) is 25.7 Å². The number of halogens is 1. The maximum Gasteiger partial charge on any atom is 0.257 e. The number of nitrogens with zero attached hydrogens (tertiary/aromatic N) is 1. The maximum atomic E-state index is 13.3. The first kappa shape index (κ1) is 15.8. The van der Waals surface area contributed by atoms with Gasteiger partial charge < -0.3 is 15.0 Å². The van der Waals surface area contributed by atoms with Crippen LogP contribution in [0, 0.1) is 5.82 Å². The summed E-state index contributed by atoms with van der Waals surface area (Å²) < 4.78 is 18.4. The molecular weight excluding hydrogens is 271 g/mol. The number of rotatable bonds is 8. The summed E-state index contributed by atoms with van der Waals surface area (Å²) in [6.45, 7) is 4.04. The molecule has 1 N–H and O–H groups in total. The Kier molecular flexibility index (Phi) is 6.47. The van der Waals surface area contributed by atoms with Gasteiger partial charge in [0.2, 0.25) is 0 Å². The Balaban J connectivity index is 1.52. The molecule has 0 saturated carbocycles. The fourth-order valence-electron chi connectivity index (χ4n) is 2.45. The fourth-order valence-corrected chi connectivity index (χ4v) is 2.45. The van der Waals surface area contributed by atoms with E-state index in [9.17, 15) is 9.18 Å². The minimum Gasteiger partial charge on any atom is -0.481 e. The van der Waals surface area contributed by atoms with Crippen LogP contribution >= 0.6 is 0 Å². The molecule has 1 aromatic rings. The average molecular weight is 294 g/mol. The lowest BCUT2D eigenvalue weighted by Gasteiger charge is -2.14. The van der Waals surface area contributed by atoms with Gasteiger partial charge >= 0.3 is 0 Å². The molecule has 1 fully saturated rings. The van der Waals surface area contributed by atoms with Crippen LogP contribution in [-0.2, 0) is 4.79 Å². The van der Waals surface area contributed by atoms with Crippen LogP contribution in [0.1, 0.15) is 25.7 Å². The van der Waals surface area contributed by atoms with Crippen molar-refractivity contribution in [1.82, 2.24) is 10.2 Å². The number of benzene rings is 1. The van der Waals surface area contributed by atoms with Crippen LogP contribution in [0.2, 0.25) is 0 Å². The quantitative estimate of drug-likeness (QED) is 0.747. The zero-order valence-electron chi connectivity index (χ0n) is 12.3. The van der Waals surface area contributed by atoms with Gasteiger partial charge in [0.15, 0.2) is 18.2 Å². The number of carbonyl (C=O) groups is 1. The maximum absolute atomic E-state index is 13.3. The first-order chi connectivity index (χ1) is 10.3. The summed E-state index contributed by atoms with van der Waals surface area (Å²) in [7, 11) is 0. The molecule has 5 heteroatoms. The molecule has 1 aliphatic heterocycles. The molecular formula is C16H23FN2O2.